The van der Waals surface area contributed by atoms with Gasteiger partial charge in [-0.15, -0.1) is 0 Å². The van der Waals surface area contributed by atoms with Crippen LogP contribution in [-0.2, 0) is 11.8 Å². The molecule has 2 aromatic heterocycles. The topological polar surface area (TPSA) is 102 Å². The molecule has 0 spiro atoms. The van der Waals surface area contributed by atoms with Crippen molar-refractivity contribution in [2.45, 2.75) is 13.0 Å². The molecule has 2 heterocycles. The van der Waals surface area contributed by atoms with Crippen LogP contribution in [0.2, 0.25) is 0 Å². The van der Waals surface area contributed by atoms with E-state index in [1.54, 1.807) is 36.1 Å². The molecule has 0 radical (unpaired) electrons. The second-order valence-electron chi connectivity index (χ2n) is 5.19. The summed E-state index contributed by atoms with van der Waals surface area (Å²) in [4.78, 5) is 12.1. The maximum atomic E-state index is 12.1. The van der Waals surface area contributed by atoms with E-state index in [1.807, 2.05) is 11.4 Å². The molecular weight excluding hydrogens is 324 g/mol. The number of aliphatic hydroxyl groups excluding tert-OH is 1. The van der Waals surface area contributed by atoms with E-state index in [2.05, 4.69) is 11.4 Å². The Kier molecular flexibility index (Phi) is 5.54. The van der Waals surface area contributed by atoms with E-state index in [9.17, 15) is 15.2 Å². The quantitative estimate of drug-likeness (QED) is 0.642. The maximum absolute atomic E-state index is 12.1. The molecule has 1 atom stereocenters. The van der Waals surface area contributed by atoms with Gasteiger partial charge in [-0.25, -0.2) is 0 Å². The lowest BCUT2D eigenvalue weighted by molar-refractivity contribution is -0.117. The summed E-state index contributed by atoms with van der Waals surface area (Å²) in [6.45, 7) is 1.83. The summed E-state index contributed by atoms with van der Waals surface area (Å²) in [5, 5.41) is 34.4. The van der Waals surface area contributed by atoms with Gasteiger partial charge in [0.25, 0.3) is 5.91 Å². The molecule has 0 saturated heterocycles. The van der Waals surface area contributed by atoms with Gasteiger partial charge in [0, 0.05) is 19.3 Å². The molecule has 0 aliphatic carbocycles. The SMILES string of the molecule is Cc1c(/C=C(/C#N)C(=O)NCC(O)c2ccsc2)cc(C#N)n1C. The molecule has 0 aliphatic rings. The van der Waals surface area contributed by atoms with Crippen molar-refractivity contribution in [3.05, 3.63) is 51.0 Å². The first-order valence-corrected chi connectivity index (χ1v) is 8.08. The number of nitrogens with one attached hydrogen (secondary N) is 1. The van der Waals surface area contributed by atoms with Crippen LogP contribution in [0.3, 0.4) is 0 Å². The van der Waals surface area contributed by atoms with Crippen molar-refractivity contribution in [1.82, 2.24) is 9.88 Å². The number of carbonyl (C=O) groups excluding carboxylic acids is 1. The molecule has 1 amide bonds. The van der Waals surface area contributed by atoms with Crippen LogP contribution >= 0.6 is 11.3 Å². The first-order valence-electron chi connectivity index (χ1n) is 7.14. The monoisotopic (exact) mass is 340 g/mol. The molecule has 0 aliphatic heterocycles. The molecule has 0 fully saturated rings. The largest absolute Gasteiger partial charge is 0.387 e. The van der Waals surface area contributed by atoms with Gasteiger partial charge in [0.2, 0.25) is 0 Å². The van der Waals surface area contributed by atoms with Crippen LogP contribution in [0.15, 0.2) is 28.5 Å². The van der Waals surface area contributed by atoms with Crippen molar-refractivity contribution in [1.29, 1.82) is 10.5 Å². The molecule has 122 valence electrons. The molecular formula is C17H16N4O2S. The van der Waals surface area contributed by atoms with Gasteiger partial charge in [-0.2, -0.15) is 21.9 Å². The molecule has 24 heavy (non-hydrogen) atoms. The van der Waals surface area contributed by atoms with Gasteiger partial charge in [-0.3, -0.25) is 4.79 Å². The summed E-state index contributed by atoms with van der Waals surface area (Å²) in [5.74, 6) is -0.562. The number of hydrogen-bond donors (Lipinski definition) is 2. The van der Waals surface area contributed by atoms with Crippen LogP contribution in [-0.4, -0.2) is 22.1 Å². The minimum atomic E-state index is -0.816. The third kappa shape index (κ3) is 3.72. The van der Waals surface area contributed by atoms with Crippen LogP contribution in [0, 0.1) is 29.6 Å². The Bertz CT molecular complexity index is 851. The molecule has 2 N–H and O–H groups in total. The van der Waals surface area contributed by atoms with Crippen molar-refractivity contribution in [2.75, 3.05) is 6.54 Å². The summed E-state index contributed by atoms with van der Waals surface area (Å²) < 4.78 is 1.69. The Hall–Kier alpha value is -2.87. The highest BCUT2D eigenvalue weighted by atomic mass is 32.1. The van der Waals surface area contributed by atoms with Crippen LogP contribution in [0.5, 0.6) is 0 Å². The van der Waals surface area contributed by atoms with Crippen molar-refractivity contribution in [3.63, 3.8) is 0 Å². The fraction of sp³-hybridized carbons (Fsp3) is 0.235. The van der Waals surface area contributed by atoms with Crippen LogP contribution in [0.25, 0.3) is 6.08 Å². The first kappa shape index (κ1) is 17.5. The van der Waals surface area contributed by atoms with Crippen molar-refractivity contribution < 1.29 is 9.90 Å². The van der Waals surface area contributed by atoms with E-state index in [4.69, 9.17) is 5.26 Å². The van der Waals surface area contributed by atoms with E-state index in [0.29, 0.717) is 11.3 Å². The molecule has 0 bridgehead atoms. The predicted molar refractivity (Wildman–Crippen MR) is 90.7 cm³/mol. The molecule has 1 unspecified atom stereocenters. The minimum absolute atomic E-state index is 0.0196. The second-order valence-corrected chi connectivity index (χ2v) is 5.97. The normalized spacial score (nSPS) is 12.3. The smallest absolute Gasteiger partial charge is 0.262 e. The Labute approximate surface area is 143 Å². The number of aromatic nitrogens is 1. The highest BCUT2D eigenvalue weighted by Gasteiger charge is 2.15. The highest BCUT2D eigenvalue weighted by molar-refractivity contribution is 7.07. The lowest BCUT2D eigenvalue weighted by atomic mass is 10.1. The number of aliphatic hydroxyl groups is 1. The molecule has 0 saturated carbocycles. The molecule has 2 rings (SSSR count). The molecule has 2 aromatic rings. The molecule has 7 heteroatoms. The zero-order valence-electron chi connectivity index (χ0n) is 13.3. The lowest BCUT2D eigenvalue weighted by Crippen LogP contribution is -2.29. The average molecular weight is 340 g/mol. The summed E-state index contributed by atoms with van der Waals surface area (Å²) in [5.41, 5.74) is 2.51. The fourth-order valence-corrected chi connectivity index (χ4v) is 2.85. The van der Waals surface area contributed by atoms with E-state index in [0.717, 1.165) is 11.3 Å². The Morgan fingerprint density at radius 3 is 2.83 bits per heavy atom. The number of hydrogen-bond acceptors (Lipinski definition) is 5. The van der Waals surface area contributed by atoms with Gasteiger partial charge in [-0.05, 0) is 47.0 Å². The van der Waals surface area contributed by atoms with Crippen molar-refractivity contribution >= 4 is 23.3 Å². The number of nitrogens with zero attached hydrogens (tertiary/aromatic N) is 3. The van der Waals surface area contributed by atoms with Gasteiger partial charge < -0.3 is 15.0 Å². The molecule has 0 aromatic carbocycles. The van der Waals surface area contributed by atoms with E-state index < -0.39 is 12.0 Å². The van der Waals surface area contributed by atoms with E-state index in [-0.39, 0.29) is 12.1 Å². The van der Waals surface area contributed by atoms with Gasteiger partial charge in [0.1, 0.15) is 23.4 Å². The van der Waals surface area contributed by atoms with Crippen LogP contribution in [0.1, 0.15) is 28.6 Å². The number of thiophene rings is 1. The Morgan fingerprint density at radius 1 is 1.54 bits per heavy atom. The summed E-state index contributed by atoms with van der Waals surface area (Å²) >= 11 is 1.46. The highest BCUT2D eigenvalue weighted by Crippen LogP contribution is 2.18. The van der Waals surface area contributed by atoms with E-state index >= 15 is 0 Å². The summed E-state index contributed by atoms with van der Waals surface area (Å²) in [6.07, 6.45) is 0.631. The van der Waals surface area contributed by atoms with Gasteiger partial charge in [0.15, 0.2) is 0 Å². The zero-order valence-corrected chi connectivity index (χ0v) is 14.1. The number of amides is 1. The second kappa shape index (κ2) is 7.60. The first-order chi connectivity index (χ1) is 11.5. The van der Waals surface area contributed by atoms with Crippen LogP contribution in [0.4, 0.5) is 0 Å². The Balaban J connectivity index is 2.12. The van der Waals surface area contributed by atoms with E-state index in [1.165, 1.54) is 17.4 Å². The van der Waals surface area contributed by atoms with Gasteiger partial charge >= 0.3 is 0 Å². The third-order valence-corrected chi connectivity index (χ3v) is 4.44. The average Bonchev–Trinajstić information content (AvgIpc) is 3.21. The maximum Gasteiger partial charge on any atom is 0.262 e. The third-order valence-electron chi connectivity index (χ3n) is 3.74. The summed E-state index contributed by atoms with van der Waals surface area (Å²) in [7, 11) is 1.74. The van der Waals surface area contributed by atoms with Crippen LogP contribution < -0.4 is 5.32 Å². The number of nitriles is 2. The predicted octanol–water partition coefficient (Wildman–Crippen LogP) is 2.02. The minimum Gasteiger partial charge on any atom is -0.387 e. The number of rotatable bonds is 5. The lowest BCUT2D eigenvalue weighted by Gasteiger charge is -2.10. The van der Waals surface area contributed by atoms with Crippen molar-refractivity contribution in [2.24, 2.45) is 7.05 Å². The fourth-order valence-electron chi connectivity index (χ4n) is 2.15. The number of carbonyl (C=O) groups is 1. The molecule has 6 nitrogen and oxygen atoms in total. The van der Waals surface area contributed by atoms with Gasteiger partial charge in [-0.1, -0.05) is 0 Å². The summed E-state index contributed by atoms with van der Waals surface area (Å²) in [6, 6.07) is 7.31. The van der Waals surface area contributed by atoms with Gasteiger partial charge in [0.05, 0.1) is 6.10 Å². The standard InChI is InChI=1S/C17H16N4O2S/c1-11-13(6-15(8-19)21(11)2)5-14(7-18)17(23)20-9-16(22)12-3-4-24-10-12/h3-6,10,16,22H,9H2,1-2H3,(H,20,23)/b14-5-. The Morgan fingerprint density at radius 2 is 2.29 bits per heavy atom. The zero-order chi connectivity index (χ0) is 17.7. The van der Waals surface area contributed by atoms with Crippen molar-refractivity contribution in [3.8, 4) is 12.1 Å².